The third-order valence-electron chi connectivity index (χ3n) is 3.00. The van der Waals surface area contributed by atoms with E-state index >= 15 is 0 Å². The topological polar surface area (TPSA) is 32.3 Å². The Labute approximate surface area is 98.8 Å². The Morgan fingerprint density at radius 2 is 2.00 bits per heavy atom. The van der Waals surface area contributed by atoms with E-state index in [-0.39, 0.29) is 0 Å². The first-order chi connectivity index (χ1) is 7.18. The molecule has 0 bridgehead atoms. The monoisotopic (exact) mass is 269 g/mol. The Hall–Kier alpha value is -0.540. The van der Waals surface area contributed by atoms with Gasteiger partial charge in [0.2, 0.25) is 0 Å². The van der Waals surface area contributed by atoms with Crippen LogP contribution in [0, 0.1) is 6.92 Å². The van der Waals surface area contributed by atoms with Crippen LogP contribution in [-0.2, 0) is 0 Å². The normalized spacial score (nSPS) is 18.0. The van der Waals surface area contributed by atoms with Gasteiger partial charge in [-0.1, -0.05) is 15.9 Å². The highest BCUT2D eigenvalue weighted by Crippen LogP contribution is 2.38. The van der Waals surface area contributed by atoms with Crippen LogP contribution >= 0.6 is 15.9 Å². The largest absolute Gasteiger partial charge is 0.508 e. The van der Waals surface area contributed by atoms with Gasteiger partial charge in [-0.25, -0.2) is 0 Å². The number of hydrogen-bond donors (Lipinski definition) is 2. The lowest BCUT2D eigenvalue weighted by atomic mass is 9.89. The van der Waals surface area contributed by atoms with E-state index in [2.05, 4.69) is 27.3 Å². The van der Waals surface area contributed by atoms with E-state index in [1.54, 1.807) is 0 Å². The highest BCUT2D eigenvalue weighted by molar-refractivity contribution is 9.10. The second-order valence-electron chi connectivity index (χ2n) is 4.20. The second-order valence-corrected chi connectivity index (χ2v) is 5.06. The van der Waals surface area contributed by atoms with Gasteiger partial charge < -0.3 is 10.4 Å². The van der Waals surface area contributed by atoms with Crippen LogP contribution in [0.25, 0.3) is 0 Å². The number of halogens is 1. The zero-order valence-electron chi connectivity index (χ0n) is 8.89. The highest BCUT2D eigenvalue weighted by Gasteiger charge is 2.20. The molecular formula is C12H16BrNO. The summed E-state index contributed by atoms with van der Waals surface area (Å²) in [4.78, 5) is 0. The van der Waals surface area contributed by atoms with Gasteiger partial charge in [0.05, 0.1) is 0 Å². The van der Waals surface area contributed by atoms with Crippen LogP contribution in [0.4, 0.5) is 0 Å². The van der Waals surface area contributed by atoms with Crippen molar-refractivity contribution in [1.82, 2.24) is 5.32 Å². The lowest BCUT2D eigenvalue weighted by Crippen LogP contribution is -2.26. The standard InChI is InChI=1S/C12H16BrNO/c1-8-6-10(13)12(11(15)7-8)9-2-4-14-5-3-9/h6-7,9,14-15H,2-5H2,1H3. The van der Waals surface area contributed by atoms with Crippen molar-refractivity contribution in [2.75, 3.05) is 13.1 Å². The van der Waals surface area contributed by atoms with Crippen molar-refractivity contribution in [3.63, 3.8) is 0 Å². The smallest absolute Gasteiger partial charge is 0.120 e. The third-order valence-corrected chi connectivity index (χ3v) is 3.66. The van der Waals surface area contributed by atoms with E-state index in [0.29, 0.717) is 11.7 Å². The van der Waals surface area contributed by atoms with Crippen LogP contribution in [0.15, 0.2) is 16.6 Å². The third kappa shape index (κ3) is 2.34. The molecule has 15 heavy (non-hydrogen) atoms. The molecule has 1 aliphatic rings. The molecule has 3 heteroatoms. The number of aromatic hydroxyl groups is 1. The van der Waals surface area contributed by atoms with Crippen LogP contribution in [0.3, 0.4) is 0 Å². The summed E-state index contributed by atoms with van der Waals surface area (Å²) in [6, 6.07) is 3.93. The Balaban J connectivity index is 2.33. The van der Waals surface area contributed by atoms with Gasteiger partial charge in [-0.2, -0.15) is 0 Å². The highest BCUT2D eigenvalue weighted by atomic mass is 79.9. The number of phenolic OH excluding ortho intramolecular Hbond substituents is 1. The first kappa shape index (κ1) is 11.0. The van der Waals surface area contributed by atoms with Gasteiger partial charge in [-0.3, -0.25) is 0 Å². The number of hydrogen-bond acceptors (Lipinski definition) is 2. The fraction of sp³-hybridized carbons (Fsp3) is 0.500. The van der Waals surface area contributed by atoms with Crippen LogP contribution in [0.2, 0.25) is 0 Å². The van der Waals surface area contributed by atoms with Crippen molar-refractivity contribution in [2.45, 2.75) is 25.7 Å². The molecule has 2 nitrogen and oxygen atoms in total. The molecule has 0 aromatic heterocycles. The minimum absolute atomic E-state index is 0.439. The predicted molar refractivity (Wildman–Crippen MR) is 65.4 cm³/mol. The molecule has 0 atom stereocenters. The molecule has 0 aliphatic carbocycles. The molecule has 1 aromatic rings. The summed E-state index contributed by atoms with van der Waals surface area (Å²) in [7, 11) is 0. The van der Waals surface area contributed by atoms with Crippen LogP contribution < -0.4 is 5.32 Å². The number of phenols is 1. The summed E-state index contributed by atoms with van der Waals surface area (Å²) in [5.41, 5.74) is 2.18. The second kappa shape index (κ2) is 4.54. The molecule has 0 saturated carbocycles. The van der Waals surface area contributed by atoms with Gasteiger partial charge in [0.1, 0.15) is 5.75 Å². The van der Waals surface area contributed by atoms with E-state index in [0.717, 1.165) is 41.5 Å². The summed E-state index contributed by atoms with van der Waals surface area (Å²) in [5.74, 6) is 0.926. The number of rotatable bonds is 1. The summed E-state index contributed by atoms with van der Waals surface area (Å²) in [6.07, 6.45) is 2.21. The summed E-state index contributed by atoms with van der Waals surface area (Å²) in [6.45, 7) is 4.09. The molecule has 2 N–H and O–H groups in total. The Kier molecular flexibility index (Phi) is 3.32. The quantitative estimate of drug-likeness (QED) is 0.822. The fourth-order valence-electron chi connectivity index (χ4n) is 2.25. The molecule has 2 rings (SSSR count). The maximum atomic E-state index is 9.97. The Bertz CT molecular complexity index is 336. The first-order valence-corrected chi connectivity index (χ1v) is 6.17. The predicted octanol–water partition coefficient (Wildman–Crippen LogP) is 2.93. The van der Waals surface area contributed by atoms with Crippen molar-refractivity contribution in [1.29, 1.82) is 0 Å². The molecule has 1 aromatic carbocycles. The number of aryl methyl sites for hydroxylation is 1. The minimum atomic E-state index is 0.439. The van der Waals surface area contributed by atoms with Crippen LogP contribution in [-0.4, -0.2) is 18.2 Å². The van der Waals surface area contributed by atoms with Crippen molar-refractivity contribution in [3.05, 3.63) is 27.7 Å². The number of nitrogens with one attached hydrogen (secondary N) is 1. The molecule has 82 valence electrons. The molecule has 1 saturated heterocycles. The van der Waals surface area contributed by atoms with E-state index in [4.69, 9.17) is 0 Å². The van der Waals surface area contributed by atoms with Crippen LogP contribution in [0.5, 0.6) is 5.75 Å². The SMILES string of the molecule is Cc1cc(O)c(C2CCNCC2)c(Br)c1. The molecule has 1 aliphatic heterocycles. The molecule has 0 unspecified atom stereocenters. The van der Waals surface area contributed by atoms with Gasteiger partial charge in [0.25, 0.3) is 0 Å². The summed E-state index contributed by atoms with van der Waals surface area (Å²) >= 11 is 3.55. The maximum absolute atomic E-state index is 9.97. The molecular weight excluding hydrogens is 254 g/mol. The van der Waals surface area contributed by atoms with Gasteiger partial charge in [0.15, 0.2) is 0 Å². The van der Waals surface area contributed by atoms with Gasteiger partial charge in [0, 0.05) is 10.0 Å². The van der Waals surface area contributed by atoms with Crippen molar-refractivity contribution < 1.29 is 5.11 Å². The molecule has 1 fully saturated rings. The first-order valence-electron chi connectivity index (χ1n) is 5.38. The zero-order valence-corrected chi connectivity index (χ0v) is 10.5. The fourth-order valence-corrected chi connectivity index (χ4v) is 3.14. The van der Waals surface area contributed by atoms with Gasteiger partial charge in [-0.15, -0.1) is 0 Å². The molecule has 0 amide bonds. The maximum Gasteiger partial charge on any atom is 0.120 e. The van der Waals surface area contributed by atoms with Crippen molar-refractivity contribution in [2.24, 2.45) is 0 Å². The zero-order chi connectivity index (χ0) is 10.8. The van der Waals surface area contributed by atoms with E-state index in [9.17, 15) is 5.11 Å². The molecule has 1 heterocycles. The van der Waals surface area contributed by atoms with Crippen LogP contribution in [0.1, 0.15) is 29.9 Å². The number of benzene rings is 1. The van der Waals surface area contributed by atoms with Gasteiger partial charge in [-0.05, 0) is 56.5 Å². The lowest BCUT2D eigenvalue weighted by molar-refractivity contribution is 0.423. The minimum Gasteiger partial charge on any atom is -0.508 e. The van der Waals surface area contributed by atoms with Crippen molar-refractivity contribution >= 4 is 15.9 Å². The van der Waals surface area contributed by atoms with Gasteiger partial charge >= 0.3 is 0 Å². The number of piperidine rings is 1. The van der Waals surface area contributed by atoms with Crippen molar-refractivity contribution in [3.8, 4) is 5.75 Å². The average Bonchev–Trinajstić information content (AvgIpc) is 2.17. The van der Waals surface area contributed by atoms with E-state index in [1.165, 1.54) is 0 Å². The average molecular weight is 270 g/mol. The Morgan fingerprint density at radius 3 is 2.60 bits per heavy atom. The summed E-state index contributed by atoms with van der Waals surface area (Å²) in [5, 5.41) is 13.3. The van der Waals surface area contributed by atoms with E-state index < -0.39 is 0 Å². The molecule has 0 spiro atoms. The molecule has 0 radical (unpaired) electrons. The summed E-state index contributed by atoms with van der Waals surface area (Å²) < 4.78 is 1.05. The van der Waals surface area contributed by atoms with E-state index in [1.807, 2.05) is 13.0 Å². The Morgan fingerprint density at radius 1 is 1.33 bits per heavy atom. The lowest BCUT2D eigenvalue weighted by Gasteiger charge is -2.24.